The zero-order valence-corrected chi connectivity index (χ0v) is 14.5. The van der Waals surface area contributed by atoms with Crippen LogP contribution in [-0.2, 0) is 16.0 Å². The van der Waals surface area contributed by atoms with E-state index >= 15 is 0 Å². The van der Waals surface area contributed by atoms with Crippen LogP contribution in [0.25, 0.3) is 0 Å². The topological polar surface area (TPSA) is 70.2 Å². The molecule has 2 amide bonds. The van der Waals surface area contributed by atoms with Gasteiger partial charge in [-0.05, 0) is 49.8 Å². The Labute approximate surface area is 144 Å². The standard InChI is InChI=1S/C19H29N3O2/c1-15(17-8-5-10-20-13-17)12-18(23)22-14-19(24)21-11-9-16-6-3-2-4-7-16/h2-4,6-7,15,17,20H,5,8-14H2,1H3,(H,21,24)(H,22,23). The SMILES string of the molecule is CC(CC(=O)NCC(=O)NCCc1ccccc1)C1CCCNC1. The Morgan fingerprint density at radius 1 is 1.21 bits per heavy atom. The molecule has 1 saturated heterocycles. The van der Waals surface area contributed by atoms with Crippen molar-refractivity contribution in [3.8, 4) is 0 Å². The van der Waals surface area contributed by atoms with Crippen LogP contribution >= 0.6 is 0 Å². The highest BCUT2D eigenvalue weighted by Crippen LogP contribution is 2.22. The van der Waals surface area contributed by atoms with Crippen molar-refractivity contribution in [2.75, 3.05) is 26.2 Å². The summed E-state index contributed by atoms with van der Waals surface area (Å²) in [5.74, 6) is 0.737. The Morgan fingerprint density at radius 2 is 2.00 bits per heavy atom. The number of rotatable bonds is 8. The Bertz CT molecular complexity index is 513. The lowest BCUT2D eigenvalue weighted by atomic mass is 9.85. The van der Waals surface area contributed by atoms with Crippen molar-refractivity contribution in [2.24, 2.45) is 11.8 Å². The number of carbonyl (C=O) groups is 2. The molecule has 1 aromatic carbocycles. The zero-order valence-electron chi connectivity index (χ0n) is 14.5. The number of benzene rings is 1. The normalized spacial score (nSPS) is 18.6. The zero-order chi connectivity index (χ0) is 17.2. The van der Waals surface area contributed by atoms with Crippen LogP contribution in [0.2, 0.25) is 0 Å². The van der Waals surface area contributed by atoms with Crippen molar-refractivity contribution in [1.29, 1.82) is 0 Å². The third kappa shape index (κ3) is 6.71. The molecule has 0 spiro atoms. The number of amides is 2. The minimum Gasteiger partial charge on any atom is -0.354 e. The van der Waals surface area contributed by atoms with Gasteiger partial charge in [0.1, 0.15) is 0 Å². The Balaban J connectivity index is 1.57. The second-order valence-electron chi connectivity index (χ2n) is 6.65. The molecule has 0 aromatic heterocycles. The number of carbonyl (C=O) groups excluding carboxylic acids is 2. The summed E-state index contributed by atoms with van der Waals surface area (Å²) in [5, 5.41) is 8.95. The smallest absolute Gasteiger partial charge is 0.239 e. The van der Waals surface area contributed by atoms with E-state index < -0.39 is 0 Å². The minimum atomic E-state index is -0.133. The molecule has 2 unspecified atom stereocenters. The van der Waals surface area contributed by atoms with Crippen molar-refractivity contribution < 1.29 is 9.59 Å². The molecule has 2 atom stereocenters. The third-order valence-electron chi connectivity index (χ3n) is 4.67. The maximum Gasteiger partial charge on any atom is 0.239 e. The van der Waals surface area contributed by atoms with E-state index in [0.717, 1.165) is 19.5 Å². The first-order chi connectivity index (χ1) is 11.6. The summed E-state index contributed by atoms with van der Waals surface area (Å²) >= 11 is 0. The highest BCUT2D eigenvalue weighted by molar-refractivity contribution is 5.84. The van der Waals surface area contributed by atoms with E-state index in [9.17, 15) is 9.59 Å². The van der Waals surface area contributed by atoms with Gasteiger partial charge >= 0.3 is 0 Å². The fraction of sp³-hybridized carbons (Fsp3) is 0.579. The molecule has 5 heteroatoms. The van der Waals surface area contributed by atoms with Gasteiger partial charge < -0.3 is 16.0 Å². The average Bonchev–Trinajstić information content (AvgIpc) is 2.61. The van der Waals surface area contributed by atoms with Crippen molar-refractivity contribution >= 4 is 11.8 Å². The highest BCUT2D eigenvalue weighted by atomic mass is 16.2. The second kappa shape index (κ2) is 10.1. The predicted octanol–water partition coefficient (Wildman–Crippen LogP) is 1.49. The van der Waals surface area contributed by atoms with Gasteiger partial charge in [-0.1, -0.05) is 37.3 Å². The first kappa shape index (κ1) is 18.5. The predicted molar refractivity (Wildman–Crippen MR) is 95.5 cm³/mol. The number of piperidine rings is 1. The second-order valence-corrected chi connectivity index (χ2v) is 6.65. The van der Waals surface area contributed by atoms with Gasteiger partial charge in [-0.15, -0.1) is 0 Å². The van der Waals surface area contributed by atoms with Crippen molar-refractivity contribution in [1.82, 2.24) is 16.0 Å². The number of nitrogens with one attached hydrogen (secondary N) is 3. The van der Waals surface area contributed by atoms with Gasteiger partial charge in [-0.25, -0.2) is 0 Å². The van der Waals surface area contributed by atoms with Crippen molar-refractivity contribution in [3.63, 3.8) is 0 Å². The first-order valence-electron chi connectivity index (χ1n) is 8.93. The van der Waals surface area contributed by atoms with E-state index in [1.165, 1.54) is 18.4 Å². The minimum absolute atomic E-state index is 0.0358. The molecule has 0 saturated carbocycles. The van der Waals surface area contributed by atoms with E-state index in [2.05, 4.69) is 22.9 Å². The van der Waals surface area contributed by atoms with Gasteiger partial charge in [-0.2, -0.15) is 0 Å². The van der Waals surface area contributed by atoms with E-state index in [-0.39, 0.29) is 18.4 Å². The molecule has 0 radical (unpaired) electrons. The molecule has 1 aliphatic heterocycles. The van der Waals surface area contributed by atoms with Crippen LogP contribution in [0.4, 0.5) is 0 Å². The van der Waals surface area contributed by atoms with Gasteiger partial charge in [0.15, 0.2) is 0 Å². The van der Waals surface area contributed by atoms with Gasteiger partial charge in [0.25, 0.3) is 0 Å². The molecule has 3 N–H and O–H groups in total. The summed E-state index contributed by atoms with van der Waals surface area (Å²) in [5.41, 5.74) is 1.19. The summed E-state index contributed by atoms with van der Waals surface area (Å²) in [7, 11) is 0. The molecule has 1 aromatic rings. The van der Waals surface area contributed by atoms with Crippen LogP contribution in [-0.4, -0.2) is 38.0 Å². The van der Waals surface area contributed by atoms with Crippen LogP contribution in [0.1, 0.15) is 31.7 Å². The Morgan fingerprint density at radius 3 is 2.71 bits per heavy atom. The first-order valence-corrected chi connectivity index (χ1v) is 8.93. The van der Waals surface area contributed by atoms with Crippen LogP contribution in [0.5, 0.6) is 0 Å². The quantitative estimate of drug-likeness (QED) is 0.676. The fourth-order valence-electron chi connectivity index (χ4n) is 3.13. The lowest BCUT2D eigenvalue weighted by Gasteiger charge is -2.27. The van der Waals surface area contributed by atoms with Crippen molar-refractivity contribution in [2.45, 2.75) is 32.6 Å². The van der Waals surface area contributed by atoms with Gasteiger partial charge in [0.2, 0.25) is 11.8 Å². The summed E-state index contributed by atoms with van der Waals surface area (Å²) < 4.78 is 0. The highest BCUT2D eigenvalue weighted by Gasteiger charge is 2.22. The van der Waals surface area contributed by atoms with E-state index in [1.807, 2.05) is 30.3 Å². The maximum atomic E-state index is 12.0. The molecule has 5 nitrogen and oxygen atoms in total. The van der Waals surface area contributed by atoms with Crippen LogP contribution < -0.4 is 16.0 Å². The summed E-state index contributed by atoms with van der Waals surface area (Å²) in [6.07, 6.45) is 3.65. The van der Waals surface area contributed by atoms with Gasteiger partial charge in [-0.3, -0.25) is 9.59 Å². The van der Waals surface area contributed by atoms with E-state index in [4.69, 9.17) is 0 Å². The molecule has 1 heterocycles. The Kier molecular flexibility index (Phi) is 7.75. The lowest BCUT2D eigenvalue weighted by molar-refractivity contribution is -0.126. The molecule has 0 bridgehead atoms. The van der Waals surface area contributed by atoms with Crippen LogP contribution in [0.3, 0.4) is 0 Å². The average molecular weight is 331 g/mol. The third-order valence-corrected chi connectivity index (χ3v) is 4.67. The molecular weight excluding hydrogens is 302 g/mol. The number of hydrogen-bond acceptors (Lipinski definition) is 3. The molecule has 24 heavy (non-hydrogen) atoms. The molecule has 2 rings (SSSR count). The molecule has 1 aliphatic rings. The summed E-state index contributed by atoms with van der Waals surface area (Å²) in [6.45, 7) is 4.84. The lowest BCUT2D eigenvalue weighted by Crippen LogP contribution is -2.39. The maximum absolute atomic E-state index is 12.0. The molecular formula is C19H29N3O2. The van der Waals surface area contributed by atoms with E-state index in [0.29, 0.717) is 24.8 Å². The van der Waals surface area contributed by atoms with Gasteiger partial charge in [0.05, 0.1) is 6.54 Å². The summed E-state index contributed by atoms with van der Waals surface area (Å²) in [4.78, 5) is 23.8. The summed E-state index contributed by atoms with van der Waals surface area (Å²) in [6, 6.07) is 10.0. The Hall–Kier alpha value is -1.88. The molecule has 1 fully saturated rings. The van der Waals surface area contributed by atoms with Crippen LogP contribution in [0, 0.1) is 11.8 Å². The fourth-order valence-corrected chi connectivity index (χ4v) is 3.13. The monoisotopic (exact) mass is 331 g/mol. The van der Waals surface area contributed by atoms with Crippen molar-refractivity contribution in [3.05, 3.63) is 35.9 Å². The molecule has 132 valence electrons. The van der Waals surface area contributed by atoms with Crippen LogP contribution in [0.15, 0.2) is 30.3 Å². The van der Waals surface area contributed by atoms with Gasteiger partial charge in [0, 0.05) is 13.0 Å². The van der Waals surface area contributed by atoms with E-state index in [1.54, 1.807) is 0 Å². The number of hydrogen-bond donors (Lipinski definition) is 3. The molecule has 0 aliphatic carbocycles. The largest absolute Gasteiger partial charge is 0.354 e.